The third-order valence-electron chi connectivity index (χ3n) is 3.34. The molecule has 0 aromatic heterocycles. The molecule has 0 heterocycles. The molecule has 2 N–H and O–H groups in total. The van der Waals surface area contributed by atoms with Crippen LogP contribution in [0.4, 0.5) is 0 Å². The maximum absolute atomic E-state index is 12.2. The smallest absolute Gasteiger partial charge is 0.326 e. The lowest BCUT2D eigenvalue weighted by Gasteiger charge is -2.15. The monoisotopic (exact) mass is 279 g/mol. The maximum atomic E-state index is 12.2. The van der Waals surface area contributed by atoms with E-state index in [1.165, 1.54) is 0 Å². The normalized spacial score (nSPS) is 15.9. The van der Waals surface area contributed by atoms with Crippen molar-refractivity contribution in [1.29, 1.82) is 0 Å². The summed E-state index contributed by atoms with van der Waals surface area (Å²) in [6.45, 7) is 1.85. The van der Waals surface area contributed by atoms with Crippen LogP contribution in [0.15, 0.2) is 23.1 Å². The molecule has 1 amide bonds. The van der Waals surface area contributed by atoms with Crippen LogP contribution in [0.5, 0.6) is 0 Å². The zero-order valence-corrected chi connectivity index (χ0v) is 11.8. The summed E-state index contributed by atoms with van der Waals surface area (Å²) in [5, 5.41) is 11.8. The highest BCUT2D eigenvalue weighted by Gasteiger charge is 2.37. The van der Waals surface area contributed by atoms with E-state index in [9.17, 15) is 9.59 Å². The number of aryl methyl sites for hydroxylation is 1. The minimum absolute atomic E-state index is 0.0884. The molecule has 1 unspecified atom stereocenters. The van der Waals surface area contributed by atoms with E-state index in [-0.39, 0.29) is 11.8 Å². The van der Waals surface area contributed by atoms with Crippen LogP contribution in [0, 0.1) is 12.8 Å². The van der Waals surface area contributed by atoms with Gasteiger partial charge in [0.15, 0.2) is 0 Å². The van der Waals surface area contributed by atoms with Crippen molar-refractivity contribution in [3.05, 3.63) is 29.3 Å². The van der Waals surface area contributed by atoms with Gasteiger partial charge in [-0.05, 0) is 49.6 Å². The quantitative estimate of drug-likeness (QED) is 0.812. The highest BCUT2D eigenvalue weighted by molar-refractivity contribution is 7.98. The first-order chi connectivity index (χ1) is 9.02. The first kappa shape index (κ1) is 13.9. The average Bonchev–Trinajstić information content (AvgIpc) is 3.20. The number of carbonyl (C=O) groups is 2. The first-order valence-electron chi connectivity index (χ1n) is 6.21. The fourth-order valence-corrected chi connectivity index (χ4v) is 2.44. The highest BCUT2D eigenvalue weighted by atomic mass is 32.2. The number of nitrogens with one attached hydrogen (secondary N) is 1. The van der Waals surface area contributed by atoms with E-state index in [4.69, 9.17) is 5.11 Å². The molecular formula is C14H17NO3S. The van der Waals surface area contributed by atoms with Gasteiger partial charge in [-0.15, -0.1) is 11.8 Å². The van der Waals surface area contributed by atoms with Gasteiger partial charge in [0, 0.05) is 10.5 Å². The lowest BCUT2D eigenvalue weighted by Crippen LogP contribution is -2.42. The van der Waals surface area contributed by atoms with Crippen LogP contribution >= 0.6 is 11.8 Å². The molecule has 0 bridgehead atoms. The molecule has 1 saturated carbocycles. The number of thioether (sulfide) groups is 1. The van der Waals surface area contributed by atoms with Gasteiger partial charge < -0.3 is 10.4 Å². The Labute approximate surface area is 116 Å². The molecule has 1 atom stereocenters. The molecule has 5 heteroatoms. The zero-order valence-electron chi connectivity index (χ0n) is 11.0. The predicted molar refractivity (Wildman–Crippen MR) is 74.6 cm³/mol. The summed E-state index contributed by atoms with van der Waals surface area (Å²) in [5.41, 5.74) is 1.41. The summed E-state index contributed by atoms with van der Waals surface area (Å²) < 4.78 is 0. The van der Waals surface area contributed by atoms with E-state index in [1.54, 1.807) is 17.8 Å². The van der Waals surface area contributed by atoms with Crippen molar-refractivity contribution in [2.75, 3.05) is 6.26 Å². The van der Waals surface area contributed by atoms with Crippen LogP contribution in [0.2, 0.25) is 0 Å². The van der Waals surface area contributed by atoms with Crippen molar-refractivity contribution < 1.29 is 14.7 Å². The number of carboxylic acids is 1. The molecule has 2 rings (SSSR count). The number of rotatable bonds is 5. The van der Waals surface area contributed by atoms with Gasteiger partial charge in [0.1, 0.15) is 6.04 Å². The summed E-state index contributed by atoms with van der Waals surface area (Å²) in [7, 11) is 0. The van der Waals surface area contributed by atoms with E-state index in [2.05, 4.69) is 5.32 Å². The molecule has 0 saturated heterocycles. The Morgan fingerprint density at radius 2 is 2.11 bits per heavy atom. The topological polar surface area (TPSA) is 66.4 Å². The number of hydrogen-bond acceptors (Lipinski definition) is 3. The predicted octanol–water partition coefficient (Wildman–Crippen LogP) is 2.31. The van der Waals surface area contributed by atoms with Gasteiger partial charge in [0.2, 0.25) is 0 Å². The van der Waals surface area contributed by atoms with Gasteiger partial charge in [-0.25, -0.2) is 4.79 Å². The molecule has 1 fully saturated rings. The summed E-state index contributed by atoms with van der Waals surface area (Å²) in [6, 6.07) is 4.88. The Morgan fingerprint density at radius 1 is 1.42 bits per heavy atom. The fourth-order valence-electron chi connectivity index (χ4n) is 2.00. The molecule has 102 valence electrons. The van der Waals surface area contributed by atoms with Crippen LogP contribution in [-0.2, 0) is 4.79 Å². The van der Waals surface area contributed by atoms with Crippen LogP contribution in [-0.4, -0.2) is 29.3 Å². The van der Waals surface area contributed by atoms with Gasteiger partial charge in [-0.2, -0.15) is 0 Å². The molecule has 0 aliphatic heterocycles. The highest BCUT2D eigenvalue weighted by Crippen LogP contribution is 2.33. The van der Waals surface area contributed by atoms with Gasteiger partial charge in [-0.1, -0.05) is 6.07 Å². The SMILES string of the molecule is CSc1ccc(C)c(C(=O)NC(C(=O)O)C2CC2)c1. The Bertz CT molecular complexity index is 511. The van der Waals surface area contributed by atoms with Crippen LogP contribution in [0.3, 0.4) is 0 Å². The van der Waals surface area contributed by atoms with Gasteiger partial charge >= 0.3 is 5.97 Å². The van der Waals surface area contributed by atoms with Gasteiger partial charge in [-0.3, -0.25) is 4.79 Å². The number of amides is 1. The van der Waals surface area contributed by atoms with Crippen molar-refractivity contribution in [3.8, 4) is 0 Å². The van der Waals surface area contributed by atoms with Gasteiger partial charge in [0.05, 0.1) is 0 Å². The third-order valence-corrected chi connectivity index (χ3v) is 4.06. The van der Waals surface area contributed by atoms with E-state index in [1.807, 2.05) is 25.3 Å². The standard InChI is InChI=1S/C14H17NO3S/c1-8-3-6-10(19-2)7-11(8)13(16)15-12(14(17)18)9-4-5-9/h3,6-7,9,12H,4-5H2,1-2H3,(H,15,16)(H,17,18). The largest absolute Gasteiger partial charge is 0.480 e. The van der Waals surface area contributed by atoms with Crippen molar-refractivity contribution >= 4 is 23.6 Å². The number of carbonyl (C=O) groups excluding carboxylic acids is 1. The second-order valence-electron chi connectivity index (χ2n) is 4.81. The molecule has 1 aromatic carbocycles. The maximum Gasteiger partial charge on any atom is 0.326 e. The van der Waals surface area contributed by atoms with Crippen molar-refractivity contribution in [2.45, 2.75) is 30.7 Å². The van der Waals surface area contributed by atoms with E-state index in [0.717, 1.165) is 23.3 Å². The van der Waals surface area contributed by atoms with Crippen molar-refractivity contribution in [3.63, 3.8) is 0 Å². The summed E-state index contributed by atoms with van der Waals surface area (Å²) in [6.07, 6.45) is 3.69. The Balaban J connectivity index is 2.16. The molecule has 1 aliphatic rings. The minimum atomic E-state index is -0.950. The molecular weight excluding hydrogens is 262 g/mol. The summed E-state index contributed by atoms with van der Waals surface area (Å²) in [4.78, 5) is 24.3. The second kappa shape index (κ2) is 5.65. The molecule has 1 aliphatic carbocycles. The van der Waals surface area contributed by atoms with E-state index in [0.29, 0.717) is 5.56 Å². The number of carboxylic acid groups (broad SMARTS) is 1. The average molecular weight is 279 g/mol. The third kappa shape index (κ3) is 3.29. The minimum Gasteiger partial charge on any atom is -0.480 e. The Hall–Kier alpha value is -1.49. The number of hydrogen-bond donors (Lipinski definition) is 2. The molecule has 19 heavy (non-hydrogen) atoms. The van der Waals surface area contributed by atoms with Crippen LogP contribution in [0.25, 0.3) is 0 Å². The molecule has 4 nitrogen and oxygen atoms in total. The van der Waals surface area contributed by atoms with Crippen molar-refractivity contribution in [1.82, 2.24) is 5.32 Å². The first-order valence-corrected chi connectivity index (χ1v) is 7.43. The summed E-state index contributed by atoms with van der Waals surface area (Å²) in [5.74, 6) is -1.16. The fraction of sp³-hybridized carbons (Fsp3) is 0.429. The van der Waals surface area contributed by atoms with Crippen LogP contribution in [0.1, 0.15) is 28.8 Å². The lowest BCUT2D eigenvalue weighted by molar-refractivity contribution is -0.139. The zero-order chi connectivity index (χ0) is 14.0. The lowest BCUT2D eigenvalue weighted by atomic mass is 10.1. The van der Waals surface area contributed by atoms with Crippen molar-refractivity contribution in [2.24, 2.45) is 5.92 Å². The second-order valence-corrected chi connectivity index (χ2v) is 5.69. The number of benzene rings is 1. The summed E-state index contributed by atoms with van der Waals surface area (Å²) >= 11 is 1.56. The van der Waals surface area contributed by atoms with Crippen LogP contribution < -0.4 is 5.32 Å². The van der Waals surface area contributed by atoms with Gasteiger partial charge in [0.25, 0.3) is 5.91 Å². The molecule has 1 aromatic rings. The molecule has 0 radical (unpaired) electrons. The Morgan fingerprint density at radius 3 is 2.63 bits per heavy atom. The molecule has 0 spiro atoms. The number of aliphatic carboxylic acids is 1. The van der Waals surface area contributed by atoms with E-state index < -0.39 is 12.0 Å². The Kier molecular flexibility index (Phi) is 4.14. The van der Waals surface area contributed by atoms with E-state index >= 15 is 0 Å².